The van der Waals surface area contributed by atoms with Gasteiger partial charge in [0.15, 0.2) is 5.84 Å². The van der Waals surface area contributed by atoms with Crippen LogP contribution >= 0.6 is 0 Å². The Morgan fingerprint density at radius 1 is 1.56 bits per heavy atom. The van der Waals surface area contributed by atoms with Gasteiger partial charge in [0.25, 0.3) is 0 Å². The Morgan fingerprint density at radius 3 is 2.75 bits per heavy atom. The van der Waals surface area contributed by atoms with Crippen LogP contribution in [0.2, 0.25) is 0 Å². The predicted octanol–water partition coefficient (Wildman–Crippen LogP) is 1.02. The summed E-state index contributed by atoms with van der Waals surface area (Å²) in [5.41, 5.74) is 5.46. The standard InChI is InChI=1S/C11H21N3O2/c1-7-5-4-6-14(9(7)3)11(15)8(2)10(12)13-16/h7-9,16H,4-6H2,1-3H3,(H2,12,13). The van der Waals surface area contributed by atoms with Gasteiger partial charge in [0, 0.05) is 12.6 Å². The fraction of sp³-hybridized carbons (Fsp3) is 0.818. The molecule has 3 unspecified atom stereocenters. The first kappa shape index (κ1) is 12.8. The van der Waals surface area contributed by atoms with Gasteiger partial charge in [-0.3, -0.25) is 4.79 Å². The molecule has 1 aliphatic heterocycles. The second-order valence-corrected chi connectivity index (χ2v) is 4.64. The molecule has 1 aliphatic rings. The van der Waals surface area contributed by atoms with Gasteiger partial charge in [-0.2, -0.15) is 0 Å². The fourth-order valence-electron chi connectivity index (χ4n) is 2.11. The molecule has 0 spiro atoms. The molecule has 0 saturated carbocycles. The van der Waals surface area contributed by atoms with Gasteiger partial charge in [-0.1, -0.05) is 12.1 Å². The van der Waals surface area contributed by atoms with Crippen molar-refractivity contribution in [2.24, 2.45) is 22.7 Å². The number of hydrogen-bond acceptors (Lipinski definition) is 3. The topological polar surface area (TPSA) is 78.9 Å². The third kappa shape index (κ3) is 2.46. The van der Waals surface area contributed by atoms with E-state index in [9.17, 15) is 4.79 Å². The first-order valence-corrected chi connectivity index (χ1v) is 5.77. The highest BCUT2D eigenvalue weighted by atomic mass is 16.4. The van der Waals surface area contributed by atoms with E-state index in [2.05, 4.69) is 19.0 Å². The Morgan fingerprint density at radius 2 is 2.19 bits per heavy atom. The first-order valence-electron chi connectivity index (χ1n) is 5.77. The lowest BCUT2D eigenvalue weighted by Gasteiger charge is -2.39. The zero-order valence-electron chi connectivity index (χ0n) is 10.2. The van der Waals surface area contributed by atoms with Crippen LogP contribution in [0.4, 0.5) is 0 Å². The maximum Gasteiger partial charge on any atom is 0.233 e. The monoisotopic (exact) mass is 227 g/mol. The largest absolute Gasteiger partial charge is 0.409 e. The van der Waals surface area contributed by atoms with Crippen LogP contribution < -0.4 is 5.73 Å². The van der Waals surface area contributed by atoms with Crippen molar-refractivity contribution in [3.8, 4) is 0 Å². The molecule has 1 fully saturated rings. The third-order valence-electron chi connectivity index (χ3n) is 3.59. The summed E-state index contributed by atoms with van der Waals surface area (Å²) in [7, 11) is 0. The molecule has 0 aromatic heterocycles. The van der Waals surface area contributed by atoms with Crippen LogP contribution in [0, 0.1) is 11.8 Å². The molecule has 0 aromatic carbocycles. The molecule has 0 aliphatic carbocycles. The Kier molecular flexibility index (Phi) is 4.15. The molecule has 1 amide bonds. The van der Waals surface area contributed by atoms with Crippen molar-refractivity contribution in [3.05, 3.63) is 0 Å². The molecule has 16 heavy (non-hydrogen) atoms. The molecular weight excluding hydrogens is 206 g/mol. The molecule has 1 saturated heterocycles. The maximum absolute atomic E-state index is 12.1. The number of amides is 1. The average Bonchev–Trinajstić information content (AvgIpc) is 2.29. The number of amidine groups is 1. The third-order valence-corrected chi connectivity index (χ3v) is 3.59. The van der Waals surface area contributed by atoms with Gasteiger partial charge in [0.1, 0.15) is 0 Å². The second kappa shape index (κ2) is 5.18. The molecule has 1 heterocycles. The van der Waals surface area contributed by atoms with Crippen molar-refractivity contribution in [3.63, 3.8) is 0 Å². The minimum atomic E-state index is -0.544. The minimum absolute atomic E-state index is 0.0181. The van der Waals surface area contributed by atoms with E-state index >= 15 is 0 Å². The molecule has 0 radical (unpaired) electrons. The number of nitrogens with zero attached hydrogens (tertiary/aromatic N) is 2. The number of carbonyl (C=O) groups is 1. The number of oxime groups is 1. The molecule has 3 atom stereocenters. The Labute approximate surface area is 96.3 Å². The van der Waals surface area contributed by atoms with Crippen molar-refractivity contribution in [1.29, 1.82) is 0 Å². The van der Waals surface area contributed by atoms with Crippen LogP contribution in [0.5, 0.6) is 0 Å². The smallest absolute Gasteiger partial charge is 0.233 e. The summed E-state index contributed by atoms with van der Waals surface area (Å²) in [6.45, 7) is 6.65. The summed E-state index contributed by atoms with van der Waals surface area (Å²) in [4.78, 5) is 14.0. The summed E-state index contributed by atoms with van der Waals surface area (Å²) < 4.78 is 0. The number of nitrogens with two attached hydrogens (primary N) is 1. The van der Waals surface area contributed by atoms with Crippen molar-refractivity contribution >= 4 is 11.7 Å². The second-order valence-electron chi connectivity index (χ2n) is 4.64. The quantitative estimate of drug-likeness (QED) is 0.320. The van der Waals surface area contributed by atoms with E-state index in [1.807, 2.05) is 4.90 Å². The van der Waals surface area contributed by atoms with Gasteiger partial charge < -0.3 is 15.8 Å². The molecule has 0 bridgehead atoms. The van der Waals surface area contributed by atoms with Gasteiger partial charge in [-0.15, -0.1) is 0 Å². The van der Waals surface area contributed by atoms with Crippen LogP contribution in [0.15, 0.2) is 5.16 Å². The SMILES string of the molecule is CC(C(=O)N1CCCC(C)C1C)C(N)=NO. The maximum atomic E-state index is 12.1. The van der Waals surface area contributed by atoms with E-state index in [-0.39, 0.29) is 17.8 Å². The zero-order valence-corrected chi connectivity index (χ0v) is 10.2. The number of hydrogen-bond donors (Lipinski definition) is 2. The van der Waals surface area contributed by atoms with E-state index in [1.54, 1.807) is 6.92 Å². The summed E-state index contributed by atoms with van der Waals surface area (Å²) >= 11 is 0. The minimum Gasteiger partial charge on any atom is -0.409 e. The lowest BCUT2D eigenvalue weighted by molar-refractivity contribution is -0.137. The molecule has 1 rings (SSSR count). The van der Waals surface area contributed by atoms with E-state index in [0.717, 1.165) is 19.4 Å². The van der Waals surface area contributed by atoms with Gasteiger partial charge in [-0.25, -0.2) is 0 Å². The first-order chi connectivity index (χ1) is 7.49. The van der Waals surface area contributed by atoms with E-state index in [4.69, 9.17) is 10.9 Å². The van der Waals surface area contributed by atoms with Crippen LogP contribution in [0.1, 0.15) is 33.6 Å². The normalized spacial score (nSPS) is 28.9. The Hall–Kier alpha value is -1.26. The lowest BCUT2D eigenvalue weighted by atomic mass is 9.91. The van der Waals surface area contributed by atoms with Crippen molar-refractivity contribution in [1.82, 2.24) is 4.90 Å². The van der Waals surface area contributed by atoms with E-state index in [1.165, 1.54) is 0 Å². The number of carbonyl (C=O) groups excluding carboxylic acids is 1. The van der Waals surface area contributed by atoms with E-state index in [0.29, 0.717) is 5.92 Å². The summed E-state index contributed by atoms with van der Waals surface area (Å²) in [5, 5.41) is 11.5. The highest BCUT2D eigenvalue weighted by molar-refractivity contribution is 6.01. The summed E-state index contributed by atoms with van der Waals surface area (Å²) in [5.74, 6) is -0.0975. The molecule has 0 aromatic rings. The van der Waals surface area contributed by atoms with Gasteiger partial charge >= 0.3 is 0 Å². The van der Waals surface area contributed by atoms with Crippen LogP contribution in [-0.4, -0.2) is 34.4 Å². The molecule has 5 nitrogen and oxygen atoms in total. The summed E-state index contributed by atoms with van der Waals surface area (Å²) in [6.07, 6.45) is 2.18. The Bertz CT molecular complexity index is 291. The van der Waals surface area contributed by atoms with Gasteiger partial charge in [0.2, 0.25) is 5.91 Å². The lowest BCUT2D eigenvalue weighted by Crippen LogP contribution is -2.50. The van der Waals surface area contributed by atoms with Crippen molar-refractivity contribution < 1.29 is 10.0 Å². The molecule has 3 N–H and O–H groups in total. The zero-order chi connectivity index (χ0) is 12.3. The van der Waals surface area contributed by atoms with Crippen molar-refractivity contribution in [2.75, 3.05) is 6.54 Å². The van der Waals surface area contributed by atoms with Crippen LogP contribution in [0.25, 0.3) is 0 Å². The number of likely N-dealkylation sites (tertiary alicyclic amines) is 1. The van der Waals surface area contributed by atoms with Crippen LogP contribution in [-0.2, 0) is 4.79 Å². The van der Waals surface area contributed by atoms with E-state index < -0.39 is 5.92 Å². The summed E-state index contributed by atoms with van der Waals surface area (Å²) in [6, 6.07) is 0.232. The van der Waals surface area contributed by atoms with Crippen LogP contribution in [0.3, 0.4) is 0 Å². The Balaban J connectivity index is 2.73. The van der Waals surface area contributed by atoms with Gasteiger partial charge in [-0.05, 0) is 32.6 Å². The number of piperidine rings is 1. The molecule has 5 heteroatoms. The predicted molar refractivity (Wildman–Crippen MR) is 62.1 cm³/mol. The highest BCUT2D eigenvalue weighted by Gasteiger charge is 2.32. The van der Waals surface area contributed by atoms with Gasteiger partial charge in [0.05, 0.1) is 5.92 Å². The molecular formula is C11H21N3O2. The van der Waals surface area contributed by atoms with Crippen molar-refractivity contribution in [2.45, 2.75) is 39.7 Å². The number of rotatable bonds is 2. The highest BCUT2D eigenvalue weighted by Crippen LogP contribution is 2.24. The fourth-order valence-corrected chi connectivity index (χ4v) is 2.11. The molecule has 92 valence electrons. The average molecular weight is 227 g/mol.